The number of carbonyl (C=O) groups excluding carboxylic acids is 1. The number of aromatic hydroxyl groups is 1. The molecule has 0 aromatic heterocycles. The minimum Gasteiger partial charge on any atom is -0.507 e. The summed E-state index contributed by atoms with van der Waals surface area (Å²) in [5, 5.41) is 9.90. The van der Waals surface area contributed by atoms with Crippen LogP contribution in [0.5, 0.6) is 11.5 Å². The predicted octanol–water partition coefficient (Wildman–Crippen LogP) is 2.62. The third-order valence-corrected chi connectivity index (χ3v) is 4.07. The molecule has 0 saturated carbocycles. The normalized spacial score (nSPS) is 17.4. The monoisotopic (exact) mass is 295 g/mol. The zero-order valence-electron chi connectivity index (χ0n) is 10.5. The number of ether oxygens (including phenoxy) is 1. The van der Waals surface area contributed by atoms with Crippen molar-refractivity contribution in [2.24, 2.45) is 0 Å². The number of thiocarbonyl (C=S) groups is 1. The van der Waals surface area contributed by atoms with E-state index in [9.17, 15) is 9.90 Å². The molecule has 0 spiro atoms. The summed E-state index contributed by atoms with van der Waals surface area (Å²) in [4.78, 5) is 13.8. The molecule has 0 atom stereocenters. The zero-order valence-corrected chi connectivity index (χ0v) is 12.2. The lowest BCUT2D eigenvalue weighted by molar-refractivity contribution is -0.121. The maximum atomic E-state index is 11.8. The van der Waals surface area contributed by atoms with Crippen LogP contribution in [0.15, 0.2) is 23.1 Å². The van der Waals surface area contributed by atoms with Crippen LogP contribution in [0, 0.1) is 0 Å². The Labute approximate surface area is 121 Å². The van der Waals surface area contributed by atoms with Gasteiger partial charge in [-0.2, -0.15) is 0 Å². The van der Waals surface area contributed by atoms with Crippen LogP contribution in [-0.2, 0) is 4.79 Å². The molecule has 1 aromatic rings. The molecule has 0 unspecified atom stereocenters. The Hall–Kier alpha value is -1.53. The summed E-state index contributed by atoms with van der Waals surface area (Å²) in [6, 6.07) is 4.99. The van der Waals surface area contributed by atoms with Gasteiger partial charge in [-0.05, 0) is 25.1 Å². The van der Waals surface area contributed by atoms with Crippen LogP contribution in [0.25, 0.3) is 6.08 Å². The summed E-state index contributed by atoms with van der Waals surface area (Å²) in [6.45, 7) is 2.41. The molecule has 1 aliphatic rings. The van der Waals surface area contributed by atoms with Gasteiger partial charge < -0.3 is 9.84 Å². The Morgan fingerprint density at radius 2 is 2.26 bits per heavy atom. The van der Waals surface area contributed by atoms with Crippen molar-refractivity contribution in [2.75, 3.05) is 13.7 Å². The number of phenols is 1. The first-order valence-corrected chi connectivity index (χ1v) is 6.92. The van der Waals surface area contributed by atoms with Gasteiger partial charge in [0.25, 0.3) is 5.91 Å². The van der Waals surface area contributed by atoms with E-state index in [-0.39, 0.29) is 11.7 Å². The molecule has 19 heavy (non-hydrogen) atoms. The smallest absolute Gasteiger partial charge is 0.265 e. The number of benzene rings is 1. The van der Waals surface area contributed by atoms with Gasteiger partial charge in [0.15, 0.2) is 0 Å². The fraction of sp³-hybridized carbons (Fsp3) is 0.231. The number of rotatable bonds is 3. The Morgan fingerprint density at radius 3 is 2.79 bits per heavy atom. The van der Waals surface area contributed by atoms with Crippen LogP contribution < -0.4 is 4.74 Å². The van der Waals surface area contributed by atoms with Crippen LogP contribution in [0.2, 0.25) is 0 Å². The molecule has 1 saturated heterocycles. The molecule has 1 fully saturated rings. The van der Waals surface area contributed by atoms with E-state index in [1.54, 1.807) is 25.3 Å². The average molecular weight is 295 g/mol. The van der Waals surface area contributed by atoms with Crippen molar-refractivity contribution in [3.05, 3.63) is 28.7 Å². The second kappa shape index (κ2) is 5.63. The van der Waals surface area contributed by atoms with Gasteiger partial charge in [0, 0.05) is 18.7 Å². The first-order chi connectivity index (χ1) is 9.02. The molecule has 4 nitrogen and oxygen atoms in total. The van der Waals surface area contributed by atoms with E-state index in [2.05, 4.69) is 0 Å². The van der Waals surface area contributed by atoms with E-state index in [4.69, 9.17) is 17.0 Å². The average Bonchev–Trinajstić information content (AvgIpc) is 2.61. The molecule has 2 rings (SSSR count). The van der Waals surface area contributed by atoms with E-state index in [1.165, 1.54) is 22.7 Å². The summed E-state index contributed by atoms with van der Waals surface area (Å²) < 4.78 is 5.80. The molecule has 1 amide bonds. The van der Waals surface area contributed by atoms with Gasteiger partial charge >= 0.3 is 0 Å². The number of likely N-dealkylation sites (N-methyl/N-ethyl adjacent to an activating group) is 1. The zero-order chi connectivity index (χ0) is 14.0. The molecular formula is C13H13NO3S2. The summed E-state index contributed by atoms with van der Waals surface area (Å²) in [7, 11) is 1.64. The number of thioether (sulfide) groups is 1. The third kappa shape index (κ3) is 2.90. The number of amides is 1. The lowest BCUT2D eigenvalue weighted by Gasteiger charge is -2.06. The Bertz CT molecular complexity index is 569. The molecular weight excluding hydrogens is 282 g/mol. The van der Waals surface area contributed by atoms with Gasteiger partial charge in [0.1, 0.15) is 15.8 Å². The summed E-state index contributed by atoms with van der Waals surface area (Å²) >= 11 is 6.27. The van der Waals surface area contributed by atoms with Crippen LogP contribution in [0.4, 0.5) is 0 Å². The second-order valence-corrected chi connectivity index (χ2v) is 5.57. The fourth-order valence-electron chi connectivity index (χ4n) is 1.59. The minimum absolute atomic E-state index is 0.0762. The first kappa shape index (κ1) is 13.9. The van der Waals surface area contributed by atoms with Crippen LogP contribution >= 0.6 is 24.0 Å². The molecule has 100 valence electrons. The van der Waals surface area contributed by atoms with Crippen molar-refractivity contribution in [1.82, 2.24) is 4.90 Å². The van der Waals surface area contributed by atoms with Gasteiger partial charge in [-0.3, -0.25) is 9.69 Å². The van der Waals surface area contributed by atoms with Crippen LogP contribution in [-0.4, -0.2) is 33.9 Å². The summed E-state index contributed by atoms with van der Waals surface area (Å²) in [6.07, 6.45) is 1.63. The van der Waals surface area contributed by atoms with Gasteiger partial charge in [-0.25, -0.2) is 0 Å². The highest BCUT2D eigenvalue weighted by molar-refractivity contribution is 8.26. The summed E-state index contributed by atoms with van der Waals surface area (Å²) in [5.74, 6) is 0.524. The standard InChI is InChI=1S/C13H13NO3S2/c1-3-17-9-5-4-8(10(15)7-9)6-11-12(16)14(2)13(18)19-11/h4-7,15H,3H2,1-2H3. The fourth-order valence-corrected chi connectivity index (χ4v) is 2.76. The Kier molecular flexibility index (Phi) is 4.11. The Morgan fingerprint density at radius 1 is 1.53 bits per heavy atom. The first-order valence-electron chi connectivity index (χ1n) is 5.70. The molecule has 1 aromatic carbocycles. The molecule has 1 heterocycles. The molecule has 0 radical (unpaired) electrons. The minimum atomic E-state index is -0.150. The number of nitrogens with zero attached hydrogens (tertiary/aromatic N) is 1. The summed E-state index contributed by atoms with van der Waals surface area (Å²) in [5.41, 5.74) is 0.567. The van der Waals surface area contributed by atoms with Gasteiger partial charge in [0.05, 0.1) is 11.5 Å². The van der Waals surface area contributed by atoms with Crippen LogP contribution in [0.1, 0.15) is 12.5 Å². The highest BCUT2D eigenvalue weighted by Crippen LogP contribution is 2.34. The maximum Gasteiger partial charge on any atom is 0.265 e. The molecule has 1 N–H and O–H groups in total. The lowest BCUT2D eigenvalue weighted by atomic mass is 10.1. The molecule has 6 heteroatoms. The number of phenolic OH excluding ortho intramolecular Hbond substituents is 1. The highest BCUT2D eigenvalue weighted by Gasteiger charge is 2.28. The van der Waals surface area contributed by atoms with E-state index >= 15 is 0 Å². The molecule has 0 bridgehead atoms. The van der Waals surface area contributed by atoms with Gasteiger partial charge in [-0.1, -0.05) is 24.0 Å². The van der Waals surface area contributed by atoms with Crippen molar-refractivity contribution in [3.8, 4) is 11.5 Å². The predicted molar refractivity (Wildman–Crippen MR) is 80.2 cm³/mol. The third-order valence-electron chi connectivity index (χ3n) is 2.59. The van der Waals surface area contributed by atoms with Gasteiger partial charge in [-0.15, -0.1) is 0 Å². The number of hydrogen-bond acceptors (Lipinski definition) is 5. The molecule has 0 aliphatic carbocycles. The second-order valence-electron chi connectivity index (χ2n) is 3.89. The maximum absolute atomic E-state index is 11.8. The lowest BCUT2D eigenvalue weighted by Crippen LogP contribution is -2.22. The largest absolute Gasteiger partial charge is 0.507 e. The van der Waals surface area contributed by atoms with Crippen molar-refractivity contribution < 1.29 is 14.6 Å². The Balaban J connectivity index is 2.29. The van der Waals surface area contributed by atoms with E-state index in [0.717, 1.165) is 0 Å². The van der Waals surface area contributed by atoms with E-state index < -0.39 is 0 Å². The van der Waals surface area contributed by atoms with Crippen LogP contribution in [0.3, 0.4) is 0 Å². The van der Waals surface area contributed by atoms with Crippen molar-refractivity contribution in [2.45, 2.75) is 6.92 Å². The quantitative estimate of drug-likeness (QED) is 0.686. The topological polar surface area (TPSA) is 49.8 Å². The van der Waals surface area contributed by atoms with E-state index in [1.807, 2.05) is 6.92 Å². The SMILES string of the molecule is CCOc1ccc(C=C2SC(=S)N(C)C2=O)c(O)c1. The van der Waals surface area contributed by atoms with Gasteiger partial charge in [0.2, 0.25) is 0 Å². The highest BCUT2D eigenvalue weighted by atomic mass is 32.2. The van der Waals surface area contributed by atoms with Crippen molar-refractivity contribution in [3.63, 3.8) is 0 Å². The number of carbonyl (C=O) groups is 1. The van der Waals surface area contributed by atoms with Crippen molar-refractivity contribution in [1.29, 1.82) is 0 Å². The number of hydrogen-bond donors (Lipinski definition) is 1. The van der Waals surface area contributed by atoms with Crippen molar-refractivity contribution >= 4 is 40.3 Å². The van der Waals surface area contributed by atoms with E-state index in [0.29, 0.717) is 27.1 Å². The molecule has 1 aliphatic heterocycles.